The van der Waals surface area contributed by atoms with Gasteiger partial charge >= 0.3 is 0 Å². The van der Waals surface area contributed by atoms with Crippen LogP contribution in [0, 0.1) is 0 Å². The van der Waals surface area contributed by atoms with Crippen molar-refractivity contribution >= 4 is 23.0 Å². The lowest BCUT2D eigenvalue weighted by molar-refractivity contribution is 0.411. The summed E-state index contributed by atoms with van der Waals surface area (Å²) in [6, 6.07) is 18.5. The van der Waals surface area contributed by atoms with Crippen LogP contribution in [0.25, 0.3) is 0 Å². The number of ether oxygens (including phenoxy) is 1. The van der Waals surface area contributed by atoms with Gasteiger partial charge in [-0.3, -0.25) is 0 Å². The van der Waals surface area contributed by atoms with Gasteiger partial charge in [0.2, 0.25) is 0 Å². The van der Waals surface area contributed by atoms with Crippen molar-refractivity contribution in [3.63, 3.8) is 0 Å². The number of hydrogen-bond acceptors (Lipinski definition) is 2. The third-order valence-electron chi connectivity index (χ3n) is 4.88. The minimum absolute atomic E-state index is 0.161. The molecule has 126 valence electrons. The van der Waals surface area contributed by atoms with Crippen LogP contribution in [-0.2, 0) is 5.41 Å². The zero-order valence-corrected chi connectivity index (χ0v) is 14.9. The van der Waals surface area contributed by atoms with Crippen molar-refractivity contribution in [1.29, 1.82) is 0 Å². The maximum absolute atomic E-state index is 5.47. The van der Waals surface area contributed by atoms with Crippen LogP contribution in [0.3, 0.4) is 0 Å². The fraction of sp³-hybridized carbons (Fsp3) is 0.350. The summed E-state index contributed by atoms with van der Waals surface area (Å²) in [4.78, 5) is 0. The molecule has 2 aromatic rings. The number of nitrogens with one attached hydrogen (secondary N) is 2. The SMILES string of the molecule is COc1ccc(C2(CNC(=S)Nc3ccccc3)CCCC2)cc1. The van der Waals surface area contributed by atoms with E-state index >= 15 is 0 Å². The van der Waals surface area contributed by atoms with Gasteiger partial charge in [-0.2, -0.15) is 0 Å². The largest absolute Gasteiger partial charge is 0.497 e. The Hall–Kier alpha value is -2.07. The zero-order chi connectivity index (χ0) is 16.8. The molecule has 1 aliphatic rings. The van der Waals surface area contributed by atoms with Gasteiger partial charge in [-0.15, -0.1) is 0 Å². The van der Waals surface area contributed by atoms with Crippen LogP contribution in [-0.4, -0.2) is 18.8 Å². The van der Waals surface area contributed by atoms with Gasteiger partial charge < -0.3 is 15.4 Å². The number of methoxy groups -OCH3 is 1. The Morgan fingerprint density at radius 1 is 1.04 bits per heavy atom. The van der Waals surface area contributed by atoms with Gasteiger partial charge in [-0.25, -0.2) is 0 Å². The van der Waals surface area contributed by atoms with Crippen LogP contribution in [0.5, 0.6) is 5.75 Å². The summed E-state index contributed by atoms with van der Waals surface area (Å²) in [6.45, 7) is 0.859. The monoisotopic (exact) mass is 340 g/mol. The average molecular weight is 340 g/mol. The quantitative estimate of drug-likeness (QED) is 0.786. The summed E-state index contributed by atoms with van der Waals surface area (Å²) in [5.74, 6) is 0.904. The molecule has 3 rings (SSSR count). The highest BCUT2D eigenvalue weighted by Crippen LogP contribution is 2.41. The first-order valence-electron chi connectivity index (χ1n) is 8.46. The maximum Gasteiger partial charge on any atom is 0.170 e. The summed E-state index contributed by atoms with van der Waals surface area (Å²) in [5, 5.41) is 7.36. The number of benzene rings is 2. The molecule has 0 aromatic heterocycles. The molecule has 0 heterocycles. The van der Waals surface area contributed by atoms with Gasteiger partial charge in [0, 0.05) is 17.6 Å². The van der Waals surface area contributed by atoms with Crippen molar-refractivity contribution < 1.29 is 4.74 Å². The van der Waals surface area contributed by atoms with Gasteiger partial charge in [0.15, 0.2) is 5.11 Å². The smallest absolute Gasteiger partial charge is 0.170 e. The minimum atomic E-state index is 0.161. The van der Waals surface area contributed by atoms with Crippen LogP contribution in [0.2, 0.25) is 0 Å². The second-order valence-electron chi connectivity index (χ2n) is 6.39. The molecule has 2 N–H and O–H groups in total. The minimum Gasteiger partial charge on any atom is -0.497 e. The molecule has 0 unspecified atom stereocenters. The van der Waals surface area contributed by atoms with E-state index in [9.17, 15) is 0 Å². The van der Waals surface area contributed by atoms with E-state index in [2.05, 4.69) is 34.9 Å². The molecule has 1 fully saturated rings. The highest BCUT2D eigenvalue weighted by atomic mass is 32.1. The van der Waals surface area contributed by atoms with Gasteiger partial charge in [-0.1, -0.05) is 43.2 Å². The Morgan fingerprint density at radius 2 is 1.71 bits per heavy atom. The van der Waals surface area contributed by atoms with Crippen LogP contribution >= 0.6 is 12.2 Å². The predicted octanol–water partition coefficient (Wildman–Crippen LogP) is 4.49. The maximum atomic E-state index is 5.47. The first-order chi connectivity index (χ1) is 11.7. The van der Waals surface area contributed by atoms with Crippen molar-refractivity contribution in [2.24, 2.45) is 0 Å². The van der Waals surface area contributed by atoms with Crippen LogP contribution < -0.4 is 15.4 Å². The van der Waals surface area contributed by atoms with E-state index in [1.54, 1.807) is 7.11 Å². The topological polar surface area (TPSA) is 33.3 Å². The molecule has 0 atom stereocenters. The Kier molecular flexibility index (Phi) is 5.36. The zero-order valence-electron chi connectivity index (χ0n) is 14.0. The molecule has 0 bridgehead atoms. The van der Waals surface area contributed by atoms with Crippen molar-refractivity contribution in [3.8, 4) is 5.75 Å². The molecule has 2 aromatic carbocycles. The molecule has 24 heavy (non-hydrogen) atoms. The highest BCUT2D eigenvalue weighted by molar-refractivity contribution is 7.80. The van der Waals surface area contributed by atoms with Gasteiger partial charge in [0.25, 0.3) is 0 Å². The third-order valence-corrected chi connectivity index (χ3v) is 5.13. The number of rotatable bonds is 5. The molecule has 0 radical (unpaired) electrons. The lowest BCUT2D eigenvalue weighted by atomic mass is 9.79. The molecule has 0 aliphatic heterocycles. The summed E-state index contributed by atoms with van der Waals surface area (Å²) in [7, 11) is 1.70. The lowest BCUT2D eigenvalue weighted by Gasteiger charge is -2.30. The number of para-hydroxylation sites is 1. The molecule has 3 nitrogen and oxygen atoms in total. The van der Waals surface area contributed by atoms with Crippen LogP contribution in [0.15, 0.2) is 54.6 Å². The predicted molar refractivity (Wildman–Crippen MR) is 104 cm³/mol. The van der Waals surface area contributed by atoms with Gasteiger partial charge in [0.05, 0.1) is 7.11 Å². The Labute approximate surface area is 149 Å². The van der Waals surface area contributed by atoms with Gasteiger partial charge in [-0.05, 0) is 54.9 Å². The molecule has 1 aliphatic carbocycles. The molecule has 0 spiro atoms. The Bertz CT molecular complexity index is 664. The van der Waals surface area contributed by atoms with Crippen molar-refractivity contribution in [1.82, 2.24) is 5.32 Å². The van der Waals surface area contributed by atoms with E-state index in [1.807, 2.05) is 30.3 Å². The lowest BCUT2D eigenvalue weighted by Crippen LogP contribution is -2.40. The number of thiocarbonyl (C=S) groups is 1. The normalized spacial score (nSPS) is 15.7. The number of anilines is 1. The second kappa shape index (κ2) is 7.67. The van der Waals surface area contributed by atoms with Crippen LogP contribution in [0.1, 0.15) is 31.2 Å². The first kappa shape index (κ1) is 16.8. The molecule has 4 heteroatoms. The first-order valence-corrected chi connectivity index (χ1v) is 8.87. The standard InChI is InChI=1S/C20H24N2OS/c1-23-18-11-9-16(10-12-18)20(13-5-6-14-20)15-21-19(24)22-17-7-3-2-4-8-17/h2-4,7-12H,5-6,13-15H2,1H3,(H2,21,22,24). The fourth-order valence-corrected chi connectivity index (χ4v) is 3.70. The van der Waals surface area contributed by atoms with E-state index in [0.29, 0.717) is 5.11 Å². The molecule has 1 saturated carbocycles. The van der Waals surface area contributed by atoms with E-state index in [1.165, 1.54) is 31.2 Å². The fourth-order valence-electron chi connectivity index (χ4n) is 3.51. The van der Waals surface area contributed by atoms with E-state index in [0.717, 1.165) is 18.0 Å². The second-order valence-corrected chi connectivity index (χ2v) is 6.80. The van der Waals surface area contributed by atoms with Crippen molar-refractivity contribution in [2.75, 3.05) is 19.0 Å². The molecule has 0 saturated heterocycles. The molecular formula is C20H24N2OS. The summed E-state index contributed by atoms with van der Waals surface area (Å²) < 4.78 is 5.28. The summed E-state index contributed by atoms with van der Waals surface area (Å²) >= 11 is 5.47. The summed E-state index contributed by atoms with van der Waals surface area (Å²) in [5.41, 5.74) is 2.55. The van der Waals surface area contributed by atoms with Crippen molar-refractivity contribution in [2.45, 2.75) is 31.1 Å². The Balaban J connectivity index is 1.66. The summed E-state index contributed by atoms with van der Waals surface area (Å²) in [6.07, 6.45) is 4.93. The van der Waals surface area contributed by atoms with E-state index < -0.39 is 0 Å². The van der Waals surface area contributed by atoms with Crippen LogP contribution in [0.4, 0.5) is 5.69 Å². The van der Waals surface area contributed by atoms with E-state index in [-0.39, 0.29) is 5.41 Å². The number of hydrogen-bond donors (Lipinski definition) is 2. The average Bonchev–Trinajstić information content (AvgIpc) is 3.11. The molecular weight excluding hydrogens is 316 g/mol. The third kappa shape index (κ3) is 3.88. The molecule has 0 amide bonds. The van der Waals surface area contributed by atoms with Gasteiger partial charge in [0.1, 0.15) is 5.75 Å². The Morgan fingerprint density at radius 3 is 2.33 bits per heavy atom. The van der Waals surface area contributed by atoms with E-state index in [4.69, 9.17) is 17.0 Å². The highest BCUT2D eigenvalue weighted by Gasteiger charge is 2.35. The van der Waals surface area contributed by atoms with Crippen molar-refractivity contribution in [3.05, 3.63) is 60.2 Å².